The van der Waals surface area contributed by atoms with Crippen LogP contribution in [0.1, 0.15) is 30.4 Å². The predicted octanol–water partition coefficient (Wildman–Crippen LogP) is 2.22. The summed E-state index contributed by atoms with van der Waals surface area (Å²) in [6.45, 7) is 3.13. The molecule has 3 nitrogen and oxygen atoms in total. The number of anilines is 1. The molecule has 0 spiro atoms. The highest BCUT2D eigenvalue weighted by Gasteiger charge is 2.24. The third-order valence-electron chi connectivity index (χ3n) is 3.48. The van der Waals surface area contributed by atoms with Crippen molar-refractivity contribution in [1.82, 2.24) is 0 Å². The van der Waals surface area contributed by atoms with Crippen LogP contribution in [0.2, 0.25) is 0 Å². The quantitative estimate of drug-likeness (QED) is 0.847. The van der Waals surface area contributed by atoms with Crippen molar-refractivity contribution < 1.29 is 5.11 Å². The standard InChI is InChI=1S/C14H18N2O/c1-11-5-4-6-12(9-15)14(11)16-8-3-2-7-13(16)10-17/h4-6,13,17H,2-3,7-8,10H2,1H3. The van der Waals surface area contributed by atoms with Gasteiger partial charge in [-0.15, -0.1) is 0 Å². The highest BCUT2D eigenvalue weighted by Crippen LogP contribution is 2.30. The van der Waals surface area contributed by atoms with Gasteiger partial charge in [0.05, 0.1) is 23.9 Å². The van der Waals surface area contributed by atoms with Crippen LogP contribution in [0.3, 0.4) is 0 Å². The Hall–Kier alpha value is -1.53. The fourth-order valence-corrected chi connectivity index (χ4v) is 2.62. The molecule has 1 fully saturated rings. The summed E-state index contributed by atoms with van der Waals surface area (Å²) in [4.78, 5) is 2.21. The van der Waals surface area contributed by atoms with Gasteiger partial charge in [0.1, 0.15) is 6.07 Å². The van der Waals surface area contributed by atoms with Crippen LogP contribution in [0, 0.1) is 18.3 Å². The number of hydrogen-bond donors (Lipinski definition) is 1. The van der Waals surface area contributed by atoms with Crippen molar-refractivity contribution in [1.29, 1.82) is 5.26 Å². The minimum Gasteiger partial charge on any atom is -0.394 e. The zero-order valence-electron chi connectivity index (χ0n) is 10.2. The van der Waals surface area contributed by atoms with E-state index in [-0.39, 0.29) is 12.6 Å². The number of aryl methyl sites for hydroxylation is 1. The van der Waals surface area contributed by atoms with Gasteiger partial charge in [0, 0.05) is 6.54 Å². The van der Waals surface area contributed by atoms with Crippen LogP contribution in [-0.2, 0) is 0 Å². The number of benzene rings is 1. The van der Waals surface area contributed by atoms with Crippen LogP contribution in [0.5, 0.6) is 0 Å². The molecule has 1 unspecified atom stereocenters. The molecule has 0 bridgehead atoms. The third-order valence-corrected chi connectivity index (χ3v) is 3.48. The minimum atomic E-state index is 0.164. The Morgan fingerprint density at radius 3 is 3.00 bits per heavy atom. The molecule has 0 aliphatic carbocycles. The molecule has 1 N–H and O–H groups in total. The van der Waals surface area contributed by atoms with E-state index >= 15 is 0 Å². The molecule has 0 amide bonds. The van der Waals surface area contributed by atoms with Gasteiger partial charge >= 0.3 is 0 Å². The third kappa shape index (κ3) is 2.27. The van der Waals surface area contributed by atoms with Gasteiger partial charge < -0.3 is 10.0 Å². The van der Waals surface area contributed by atoms with E-state index in [0.29, 0.717) is 5.56 Å². The summed E-state index contributed by atoms with van der Waals surface area (Å²) in [5.41, 5.74) is 2.84. The SMILES string of the molecule is Cc1cccc(C#N)c1N1CCCCC1CO. The topological polar surface area (TPSA) is 47.3 Å². The van der Waals surface area contributed by atoms with Crippen molar-refractivity contribution in [2.24, 2.45) is 0 Å². The Kier molecular flexibility index (Phi) is 3.65. The van der Waals surface area contributed by atoms with Crippen molar-refractivity contribution in [3.63, 3.8) is 0 Å². The molecule has 2 rings (SSSR count). The Morgan fingerprint density at radius 2 is 2.29 bits per heavy atom. The maximum atomic E-state index is 9.45. The van der Waals surface area contributed by atoms with Gasteiger partial charge in [-0.2, -0.15) is 5.26 Å². The molecule has 1 aromatic rings. The lowest BCUT2D eigenvalue weighted by Crippen LogP contribution is -2.42. The molecule has 1 saturated heterocycles. The number of aliphatic hydroxyl groups is 1. The van der Waals surface area contributed by atoms with Gasteiger partial charge in [-0.05, 0) is 37.8 Å². The average Bonchev–Trinajstić information content (AvgIpc) is 2.38. The highest BCUT2D eigenvalue weighted by atomic mass is 16.3. The monoisotopic (exact) mass is 230 g/mol. The Morgan fingerprint density at radius 1 is 1.47 bits per heavy atom. The lowest BCUT2D eigenvalue weighted by molar-refractivity contribution is 0.240. The lowest BCUT2D eigenvalue weighted by Gasteiger charge is -2.37. The minimum absolute atomic E-state index is 0.164. The average molecular weight is 230 g/mol. The lowest BCUT2D eigenvalue weighted by atomic mass is 9.98. The molecule has 1 atom stereocenters. The number of rotatable bonds is 2. The molecule has 1 aliphatic rings. The van der Waals surface area contributed by atoms with Gasteiger partial charge in [0.15, 0.2) is 0 Å². The van der Waals surface area contributed by atoms with Crippen molar-refractivity contribution in [3.05, 3.63) is 29.3 Å². The first-order chi connectivity index (χ1) is 8.27. The first-order valence-corrected chi connectivity index (χ1v) is 6.15. The Bertz CT molecular complexity index is 436. The van der Waals surface area contributed by atoms with E-state index in [4.69, 9.17) is 0 Å². The fourth-order valence-electron chi connectivity index (χ4n) is 2.62. The van der Waals surface area contributed by atoms with E-state index in [0.717, 1.165) is 37.1 Å². The predicted molar refractivity (Wildman–Crippen MR) is 68.0 cm³/mol. The molecular formula is C14H18N2O. The second-order valence-corrected chi connectivity index (χ2v) is 4.61. The van der Waals surface area contributed by atoms with Gasteiger partial charge in [-0.25, -0.2) is 0 Å². The van der Waals surface area contributed by atoms with E-state index in [2.05, 4.69) is 11.0 Å². The van der Waals surface area contributed by atoms with Crippen molar-refractivity contribution >= 4 is 5.69 Å². The Balaban J connectivity index is 2.41. The van der Waals surface area contributed by atoms with Crippen molar-refractivity contribution in [2.45, 2.75) is 32.2 Å². The first kappa shape index (κ1) is 11.9. The van der Waals surface area contributed by atoms with E-state index < -0.39 is 0 Å². The maximum Gasteiger partial charge on any atom is 0.101 e. The van der Waals surface area contributed by atoms with Crippen LogP contribution in [-0.4, -0.2) is 24.3 Å². The first-order valence-electron chi connectivity index (χ1n) is 6.15. The smallest absolute Gasteiger partial charge is 0.101 e. The molecule has 17 heavy (non-hydrogen) atoms. The van der Waals surface area contributed by atoms with E-state index in [1.165, 1.54) is 0 Å². The number of piperidine rings is 1. The van der Waals surface area contributed by atoms with E-state index in [1.54, 1.807) is 0 Å². The fraction of sp³-hybridized carbons (Fsp3) is 0.500. The second kappa shape index (κ2) is 5.20. The highest BCUT2D eigenvalue weighted by molar-refractivity contribution is 5.64. The number of nitriles is 1. The normalized spacial score (nSPS) is 20.1. The summed E-state index contributed by atoms with van der Waals surface area (Å²) in [6, 6.07) is 8.21. The molecule has 1 aromatic carbocycles. The Labute approximate surface area is 102 Å². The van der Waals surface area contributed by atoms with Crippen LogP contribution in [0.15, 0.2) is 18.2 Å². The summed E-state index contributed by atoms with van der Waals surface area (Å²) in [7, 11) is 0. The van der Waals surface area contributed by atoms with Crippen molar-refractivity contribution in [3.8, 4) is 6.07 Å². The number of hydrogen-bond acceptors (Lipinski definition) is 3. The van der Waals surface area contributed by atoms with Crippen LogP contribution in [0.4, 0.5) is 5.69 Å². The molecule has 1 heterocycles. The molecule has 0 radical (unpaired) electrons. The van der Waals surface area contributed by atoms with Gasteiger partial charge in [0.2, 0.25) is 0 Å². The van der Waals surface area contributed by atoms with Crippen LogP contribution in [0.25, 0.3) is 0 Å². The molecule has 1 aliphatic heterocycles. The number of para-hydroxylation sites is 1. The van der Waals surface area contributed by atoms with Gasteiger partial charge in [-0.1, -0.05) is 12.1 Å². The zero-order chi connectivity index (χ0) is 12.3. The number of aliphatic hydroxyl groups excluding tert-OH is 1. The molecule has 0 aromatic heterocycles. The number of nitrogens with zero attached hydrogens (tertiary/aromatic N) is 2. The summed E-state index contributed by atoms with van der Waals surface area (Å²) < 4.78 is 0. The van der Waals surface area contributed by atoms with Crippen molar-refractivity contribution in [2.75, 3.05) is 18.1 Å². The maximum absolute atomic E-state index is 9.45. The molecular weight excluding hydrogens is 212 g/mol. The largest absolute Gasteiger partial charge is 0.394 e. The van der Waals surface area contributed by atoms with Crippen LogP contribution < -0.4 is 4.90 Å². The zero-order valence-corrected chi connectivity index (χ0v) is 10.2. The summed E-state index contributed by atoms with van der Waals surface area (Å²) in [5.74, 6) is 0. The second-order valence-electron chi connectivity index (χ2n) is 4.61. The summed E-state index contributed by atoms with van der Waals surface area (Å²) in [5, 5.41) is 18.6. The molecule has 90 valence electrons. The molecule has 3 heteroatoms. The van der Waals surface area contributed by atoms with E-state index in [1.807, 2.05) is 25.1 Å². The van der Waals surface area contributed by atoms with Gasteiger partial charge in [-0.3, -0.25) is 0 Å². The van der Waals surface area contributed by atoms with Gasteiger partial charge in [0.25, 0.3) is 0 Å². The summed E-state index contributed by atoms with van der Waals surface area (Å²) in [6.07, 6.45) is 3.31. The van der Waals surface area contributed by atoms with E-state index in [9.17, 15) is 10.4 Å². The molecule has 0 saturated carbocycles. The summed E-state index contributed by atoms with van der Waals surface area (Å²) >= 11 is 0. The van der Waals surface area contributed by atoms with Crippen LogP contribution >= 0.6 is 0 Å².